The number of hydrogen-bond donors (Lipinski definition) is 1. The van der Waals surface area contributed by atoms with Gasteiger partial charge >= 0.3 is 6.01 Å². The zero-order chi connectivity index (χ0) is 10.8. The first-order chi connectivity index (χ1) is 6.45. The Labute approximate surface area is 84.3 Å². The second-order valence-corrected chi connectivity index (χ2v) is 4.36. The van der Waals surface area contributed by atoms with Crippen LogP contribution in [0.2, 0.25) is 0 Å². The molecule has 0 spiro atoms. The van der Waals surface area contributed by atoms with E-state index in [1.165, 1.54) is 0 Å². The fourth-order valence-electron chi connectivity index (χ4n) is 0.964. The predicted molar refractivity (Wildman–Crippen MR) is 55.3 cm³/mol. The summed E-state index contributed by atoms with van der Waals surface area (Å²) in [5.74, 6) is 0.719. The van der Waals surface area contributed by atoms with Crippen LogP contribution in [0.25, 0.3) is 0 Å². The number of rotatable bonds is 3. The zero-order valence-corrected chi connectivity index (χ0v) is 9.24. The molecule has 0 saturated carbocycles. The van der Waals surface area contributed by atoms with Crippen LogP contribution < -0.4 is 10.6 Å². The lowest BCUT2D eigenvalue weighted by Gasteiger charge is -2.12. The van der Waals surface area contributed by atoms with Crippen LogP contribution in [0.1, 0.15) is 26.6 Å². The fourth-order valence-corrected chi connectivity index (χ4v) is 0.964. The summed E-state index contributed by atoms with van der Waals surface area (Å²) in [6, 6.07) is 0.528. The maximum atomic E-state index is 5.43. The molecule has 0 radical (unpaired) electrons. The van der Waals surface area contributed by atoms with E-state index >= 15 is 0 Å². The molecule has 5 heteroatoms. The second-order valence-electron chi connectivity index (χ2n) is 4.36. The Balaban J connectivity index is 2.78. The highest BCUT2D eigenvalue weighted by Crippen LogP contribution is 2.20. The molecule has 2 N–H and O–H groups in total. The van der Waals surface area contributed by atoms with Crippen molar-refractivity contribution in [2.24, 2.45) is 5.73 Å². The van der Waals surface area contributed by atoms with Crippen molar-refractivity contribution in [3.63, 3.8) is 0 Å². The van der Waals surface area contributed by atoms with Crippen molar-refractivity contribution in [1.29, 1.82) is 0 Å². The molecule has 0 aliphatic rings. The summed E-state index contributed by atoms with van der Waals surface area (Å²) < 4.78 is 5.11. The minimum absolute atomic E-state index is 0.0781. The van der Waals surface area contributed by atoms with Gasteiger partial charge in [0.2, 0.25) is 0 Å². The molecule has 1 aromatic heterocycles. The normalized spacial score (nSPS) is 11.8. The maximum Gasteiger partial charge on any atom is 0.323 e. The molecule has 14 heavy (non-hydrogen) atoms. The number of nitrogens with two attached hydrogens (primary N) is 1. The van der Waals surface area contributed by atoms with Crippen LogP contribution in [0.15, 0.2) is 4.52 Å². The van der Waals surface area contributed by atoms with Crippen molar-refractivity contribution >= 4 is 6.01 Å². The van der Waals surface area contributed by atoms with E-state index in [9.17, 15) is 0 Å². The number of anilines is 1. The van der Waals surface area contributed by atoms with Crippen LogP contribution in [0.5, 0.6) is 0 Å². The van der Waals surface area contributed by atoms with E-state index in [2.05, 4.69) is 10.1 Å². The van der Waals surface area contributed by atoms with Gasteiger partial charge in [0.05, 0.1) is 0 Å². The topological polar surface area (TPSA) is 68.2 Å². The van der Waals surface area contributed by atoms with Crippen molar-refractivity contribution < 1.29 is 4.52 Å². The molecule has 0 aliphatic carbocycles. The maximum absolute atomic E-state index is 5.43. The van der Waals surface area contributed by atoms with E-state index in [1.54, 1.807) is 0 Å². The standard InChI is InChI=1S/C9H18N4O/c1-9(2,3)7-11-8(14-12-7)13(4)6-5-10/h5-6,10H2,1-4H3. The lowest BCUT2D eigenvalue weighted by atomic mass is 9.96. The van der Waals surface area contributed by atoms with Crippen LogP contribution in [0, 0.1) is 0 Å². The van der Waals surface area contributed by atoms with Crippen LogP contribution in [-0.2, 0) is 5.41 Å². The molecule has 0 atom stereocenters. The molecule has 80 valence electrons. The van der Waals surface area contributed by atoms with Gasteiger partial charge in [-0.15, -0.1) is 0 Å². The lowest BCUT2D eigenvalue weighted by Crippen LogP contribution is -2.25. The molecule has 0 aliphatic heterocycles. The van der Waals surface area contributed by atoms with Gasteiger partial charge in [-0.25, -0.2) is 0 Å². The minimum Gasteiger partial charge on any atom is -0.329 e. The van der Waals surface area contributed by atoms with Crippen LogP contribution in [0.4, 0.5) is 6.01 Å². The van der Waals surface area contributed by atoms with Crippen molar-refractivity contribution in [2.75, 3.05) is 25.0 Å². The van der Waals surface area contributed by atoms with Gasteiger partial charge in [-0.2, -0.15) is 4.98 Å². The molecule has 0 fully saturated rings. The number of aromatic nitrogens is 2. The molecule has 0 amide bonds. The van der Waals surface area contributed by atoms with Crippen molar-refractivity contribution in [3.05, 3.63) is 5.82 Å². The summed E-state index contributed by atoms with van der Waals surface area (Å²) in [5, 5.41) is 3.92. The molecule has 0 unspecified atom stereocenters. The van der Waals surface area contributed by atoms with Gasteiger partial charge in [0.1, 0.15) is 0 Å². The smallest absolute Gasteiger partial charge is 0.323 e. The Morgan fingerprint density at radius 1 is 1.43 bits per heavy atom. The van der Waals surface area contributed by atoms with Crippen molar-refractivity contribution in [2.45, 2.75) is 26.2 Å². The van der Waals surface area contributed by atoms with E-state index in [-0.39, 0.29) is 5.41 Å². The van der Waals surface area contributed by atoms with E-state index in [1.807, 2.05) is 32.7 Å². The van der Waals surface area contributed by atoms with E-state index < -0.39 is 0 Å². The Kier molecular flexibility index (Phi) is 3.10. The van der Waals surface area contributed by atoms with Gasteiger partial charge < -0.3 is 15.2 Å². The van der Waals surface area contributed by atoms with Gasteiger partial charge in [0.15, 0.2) is 5.82 Å². The SMILES string of the molecule is CN(CCN)c1nc(C(C)(C)C)no1. The van der Waals surface area contributed by atoms with E-state index in [0.717, 1.165) is 5.82 Å². The van der Waals surface area contributed by atoms with Crippen LogP contribution in [-0.4, -0.2) is 30.3 Å². The molecule has 1 rings (SSSR count). The Bertz CT molecular complexity index is 289. The highest BCUT2D eigenvalue weighted by Gasteiger charge is 2.21. The molecular weight excluding hydrogens is 180 g/mol. The third kappa shape index (κ3) is 2.45. The Hall–Kier alpha value is -1.10. The van der Waals surface area contributed by atoms with E-state index in [0.29, 0.717) is 19.1 Å². The average Bonchev–Trinajstić information content (AvgIpc) is 2.51. The first kappa shape index (κ1) is 11.0. The first-order valence-electron chi connectivity index (χ1n) is 4.70. The molecule has 0 saturated heterocycles. The molecule has 0 bridgehead atoms. The van der Waals surface area contributed by atoms with Gasteiger partial charge in [0.25, 0.3) is 0 Å². The van der Waals surface area contributed by atoms with Gasteiger partial charge in [-0.3, -0.25) is 0 Å². The molecule has 1 heterocycles. The summed E-state index contributed by atoms with van der Waals surface area (Å²) >= 11 is 0. The van der Waals surface area contributed by atoms with Crippen LogP contribution >= 0.6 is 0 Å². The summed E-state index contributed by atoms with van der Waals surface area (Å²) in [6.07, 6.45) is 0. The molecule has 0 aromatic carbocycles. The van der Waals surface area contributed by atoms with Gasteiger partial charge in [-0.1, -0.05) is 25.9 Å². The largest absolute Gasteiger partial charge is 0.329 e. The molecular formula is C9H18N4O. The minimum atomic E-state index is -0.0781. The van der Waals surface area contributed by atoms with E-state index in [4.69, 9.17) is 10.3 Å². The fraction of sp³-hybridized carbons (Fsp3) is 0.778. The summed E-state index contributed by atoms with van der Waals surface area (Å²) in [6.45, 7) is 7.43. The second kappa shape index (κ2) is 3.96. The third-order valence-electron chi connectivity index (χ3n) is 1.88. The summed E-state index contributed by atoms with van der Waals surface area (Å²) in [5.41, 5.74) is 5.35. The Morgan fingerprint density at radius 3 is 2.50 bits per heavy atom. The zero-order valence-electron chi connectivity index (χ0n) is 9.24. The average molecular weight is 198 g/mol. The summed E-state index contributed by atoms with van der Waals surface area (Å²) in [4.78, 5) is 6.14. The lowest BCUT2D eigenvalue weighted by molar-refractivity contribution is 0.394. The number of likely N-dealkylation sites (N-methyl/N-ethyl adjacent to an activating group) is 1. The van der Waals surface area contributed by atoms with Gasteiger partial charge in [0, 0.05) is 25.6 Å². The quantitative estimate of drug-likeness (QED) is 0.776. The van der Waals surface area contributed by atoms with Gasteiger partial charge in [-0.05, 0) is 0 Å². The highest BCUT2D eigenvalue weighted by molar-refractivity contribution is 5.24. The number of hydrogen-bond acceptors (Lipinski definition) is 5. The monoisotopic (exact) mass is 198 g/mol. The molecule has 5 nitrogen and oxygen atoms in total. The predicted octanol–water partition coefficient (Wildman–Crippen LogP) is 0.762. The highest BCUT2D eigenvalue weighted by atomic mass is 16.5. The van der Waals surface area contributed by atoms with Crippen molar-refractivity contribution in [1.82, 2.24) is 10.1 Å². The third-order valence-corrected chi connectivity index (χ3v) is 1.88. The Morgan fingerprint density at radius 2 is 2.07 bits per heavy atom. The van der Waals surface area contributed by atoms with Crippen LogP contribution in [0.3, 0.4) is 0 Å². The number of nitrogens with zero attached hydrogens (tertiary/aromatic N) is 3. The first-order valence-corrected chi connectivity index (χ1v) is 4.70. The molecule has 1 aromatic rings. The van der Waals surface area contributed by atoms with Crippen molar-refractivity contribution in [3.8, 4) is 0 Å². The summed E-state index contributed by atoms with van der Waals surface area (Å²) in [7, 11) is 1.88.